The minimum absolute atomic E-state index is 0.203. The molecule has 1 atom stereocenters. The topological polar surface area (TPSA) is 104 Å². The normalized spacial score (nSPS) is 12.9. The van der Waals surface area contributed by atoms with Crippen LogP contribution in [-0.4, -0.2) is 29.3 Å². The predicted octanol–water partition coefficient (Wildman–Crippen LogP) is -0.147. The van der Waals surface area contributed by atoms with Gasteiger partial charge in [-0.15, -0.1) is 0 Å². The average molecular weight is 223 g/mol. The maximum atomic E-state index is 10.9. The summed E-state index contributed by atoms with van der Waals surface area (Å²) >= 11 is 0. The first-order valence-electron chi connectivity index (χ1n) is 4.94. The quantitative estimate of drug-likeness (QED) is 0.577. The van der Waals surface area contributed by atoms with Crippen LogP contribution in [0.4, 0.5) is 5.69 Å². The second-order valence-electron chi connectivity index (χ2n) is 3.50. The zero-order valence-corrected chi connectivity index (χ0v) is 8.56. The van der Waals surface area contributed by atoms with E-state index in [9.17, 15) is 9.90 Å². The number of aromatic nitrogens is 1. The van der Waals surface area contributed by atoms with E-state index in [2.05, 4.69) is 10.3 Å². The van der Waals surface area contributed by atoms with E-state index in [-0.39, 0.29) is 6.54 Å². The van der Waals surface area contributed by atoms with Crippen molar-refractivity contribution in [3.63, 3.8) is 0 Å². The van der Waals surface area contributed by atoms with Crippen LogP contribution >= 0.6 is 0 Å². The van der Waals surface area contributed by atoms with E-state index in [4.69, 9.17) is 10.2 Å². The first kappa shape index (κ1) is 10.7. The molecule has 6 nitrogen and oxygen atoms in total. The number of anilines is 1. The Morgan fingerprint density at radius 2 is 2.38 bits per heavy atom. The van der Waals surface area contributed by atoms with E-state index >= 15 is 0 Å². The second-order valence-corrected chi connectivity index (χ2v) is 3.50. The van der Waals surface area contributed by atoms with Crippen molar-refractivity contribution in [2.24, 2.45) is 5.73 Å². The lowest BCUT2D eigenvalue weighted by Crippen LogP contribution is -2.27. The summed E-state index contributed by atoms with van der Waals surface area (Å²) in [5.41, 5.74) is 7.17. The van der Waals surface area contributed by atoms with E-state index < -0.39 is 11.9 Å². The highest BCUT2D eigenvalue weighted by molar-refractivity contribution is 5.76. The largest absolute Gasteiger partial charge is 0.417 e. The molecule has 0 fully saturated rings. The number of nitrogens with two attached hydrogens (primary N) is 1. The van der Waals surface area contributed by atoms with Gasteiger partial charge in [-0.2, -0.15) is 0 Å². The third-order valence-corrected chi connectivity index (χ3v) is 2.23. The lowest BCUT2D eigenvalue weighted by atomic mass is 10.2. The maximum absolute atomic E-state index is 10.9. The summed E-state index contributed by atoms with van der Waals surface area (Å²) in [7, 11) is 0. The average Bonchev–Trinajstić information content (AvgIpc) is 2.65. The van der Waals surface area contributed by atoms with Gasteiger partial charge in [0.2, 0.25) is 0 Å². The molecule has 0 aliphatic carbocycles. The Balaban J connectivity index is 2.16. The number of oxazole rings is 1. The summed E-state index contributed by atoms with van der Waals surface area (Å²) in [4.78, 5) is 13.5. The first-order valence-corrected chi connectivity index (χ1v) is 4.94. The van der Waals surface area contributed by atoms with E-state index in [0.29, 0.717) is 17.6 Å². The van der Waals surface area contributed by atoms with Crippen LogP contribution in [-0.2, 0) is 0 Å². The SMILES string of the molecule is NCC(O)CNc1ccc2[nH]c(=O)oc2c1. The number of H-pyrrole nitrogens is 1. The first-order chi connectivity index (χ1) is 7.69. The molecular formula is C10H13N3O3. The van der Waals surface area contributed by atoms with Crippen LogP contribution in [0.2, 0.25) is 0 Å². The summed E-state index contributed by atoms with van der Waals surface area (Å²) in [6.45, 7) is 0.561. The van der Waals surface area contributed by atoms with Crippen LogP contribution in [0.15, 0.2) is 27.4 Å². The Hall–Kier alpha value is -1.79. The molecule has 0 aliphatic heterocycles. The van der Waals surface area contributed by atoms with Crippen LogP contribution in [0, 0.1) is 0 Å². The van der Waals surface area contributed by atoms with Gasteiger partial charge in [-0.1, -0.05) is 0 Å². The fourth-order valence-corrected chi connectivity index (χ4v) is 1.37. The van der Waals surface area contributed by atoms with Crippen molar-refractivity contribution in [1.29, 1.82) is 0 Å². The number of fused-ring (bicyclic) bond motifs is 1. The van der Waals surface area contributed by atoms with Crippen molar-refractivity contribution in [2.45, 2.75) is 6.10 Å². The van der Waals surface area contributed by atoms with E-state index in [1.165, 1.54) is 0 Å². The molecule has 2 rings (SSSR count). The molecule has 0 saturated heterocycles. The molecule has 6 heteroatoms. The van der Waals surface area contributed by atoms with Gasteiger partial charge in [0.05, 0.1) is 11.6 Å². The zero-order valence-electron chi connectivity index (χ0n) is 8.56. The molecule has 5 N–H and O–H groups in total. The number of aliphatic hydroxyl groups is 1. The van der Waals surface area contributed by atoms with Gasteiger partial charge in [0, 0.05) is 24.8 Å². The molecule has 1 heterocycles. The number of nitrogens with one attached hydrogen (secondary N) is 2. The molecule has 1 aromatic heterocycles. The van der Waals surface area contributed by atoms with Crippen molar-refractivity contribution in [1.82, 2.24) is 4.98 Å². The molecule has 2 aromatic rings. The van der Waals surface area contributed by atoms with E-state index in [0.717, 1.165) is 5.69 Å². The van der Waals surface area contributed by atoms with Gasteiger partial charge in [0.1, 0.15) is 0 Å². The summed E-state index contributed by atoms with van der Waals surface area (Å²) in [5.74, 6) is -0.478. The third kappa shape index (κ3) is 2.23. The second kappa shape index (κ2) is 4.38. The Morgan fingerprint density at radius 1 is 1.56 bits per heavy atom. The lowest BCUT2D eigenvalue weighted by molar-refractivity contribution is 0.196. The highest BCUT2D eigenvalue weighted by atomic mass is 16.4. The molecule has 0 amide bonds. The summed E-state index contributed by atoms with van der Waals surface area (Å²) in [6, 6.07) is 5.21. The van der Waals surface area contributed by atoms with Gasteiger partial charge in [0.25, 0.3) is 0 Å². The highest BCUT2D eigenvalue weighted by Gasteiger charge is 2.03. The molecular weight excluding hydrogens is 210 g/mol. The maximum Gasteiger partial charge on any atom is 0.417 e. The van der Waals surface area contributed by atoms with Crippen LogP contribution < -0.4 is 16.8 Å². The molecule has 1 unspecified atom stereocenters. The monoisotopic (exact) mass is 223 g/mol. The minimum atomic E-state index is -0.589. The third-order valence-electron chi connectivity index (χ3n) is 2.23. The number of rotatable bonds is 4. The lowest BCUT2D eigenvalue weighted by Gasteiger charge is -2.09. The Bertz CT molecular complexity index is 531. The van der Waals surface area contributed by atoms with Gasteiger partial charge in [-0.25, -0.2) is 4.79 Å². The molecule has 16 heavy (non-hydrogen) atoms. The standard InChI is InChI=1S/C10H13N3O3/c11-4-7(14)5-12-6-1-2-8-9(3-6)16-10(15)13-8/h1-3,7,12,14H,4-5,11H2,(H,13,15). The summed E-state index contributed by atoms with van der Waals surface area (Å²) < 4.78 is 4.90. The van der Waals surface area contributed by atoms with Gasteiger partial charge in [-0.05, 0) is 12.1 Å². The Morgan fingerprint density at radius 3 is 3.12 bits per heavy atom. The highest BCUT2D eigenvalue weighted by Crippen LogP contribution is 2.15. The molecule has 1 aromatic carbocycles. The zero-order chi connectivity index (χ0) is 11.5. The van der Waals surface area contributed by atoms with Crippen LogP contribution in [0.5, 0.6) is 0 Å². The number of benzene rings is 1. The fourth-order valence-electron chi connectivity index (χ4n) is 1.37. The molecule has 0 saturated carbocycles. The van der Waals surface area contributed by atoms with Crippen molar-refractivity contribution >= 4 is 16.8 Å². The van der Waals surface area contributed by atoms with Crippen LogP contribution in [0.1, 0.15) is 0 Å². The molecule has 0 aliphatic rings. The van der Waals surface area contributed by atoms with Gasteiger partial charge < -0.3 is 20.6 Å². The molecule has 0 radical (unpaired) electrons. The van der Waals surface area contributed by atoms with Gasteiger partial charge in [-0.3, -0.25) is 4.98 Å². The number of aromatic amines is 1. The van der Waals surface area contributed by atoms with Crippen molar-refractivity contribution in [3.05, 3.63) is 28.7 Å². The molecule has 0 spiro atoms. The summed E-state index contributed by atoms with van der Waals surface area (Å²) in [6.07, 6.45) is -0.589. The van der Waals surface area contributed by atoms with Gasteiger partial charge >= 0.3 is 5.76 Å². The molecule has 0 bridgehead atoms. The van der Waals surface area contributed by atoms with Crippen LogP contribution in [0.25, 0.3) is 11.1 Å². The summed E-state index contributed by atoms with van der Waals surface area (Å²) in [5, 5.41) is 12.3. The van der Waals surface area contributed by atoms with Crippen LogP contribution in [0.3, 0.4) is 0 Å². The Kier molecular flexibility index (Phi) is 2.93. The van der Waals surface area contributed by atoms with Crippen molar-refractivity contribution in [3.8, 4) is 0 Å². The minimum Gasteiger partial charge on any atom is -0.408 e. The van der Waals surface area contributed by atoms with E-state index in [1.54, 1.807) is 18.2 Å². The van der Waals surface area contributed by atoms with Gasteiger partial charge in [0.15, 0.2) is 5.58 Å². The predicted molar refractivity (Wildman–Crippen MR) is 60.4 cm³/mol. The molecule has 86 valence electrons. The smallest absolute Gasteiger partial charge is 0.408 e. The number of aliphatic hydroxyl groups excluding tert-OH is 1. The fraction of sp³-hybridized carbons (Fsp3) is 0.300. The van der Waals surface area contributed by atoms with E-state index in [1.807, 2.05) is 0 Å². The van der Waals surface area contributed by atoms with Crippen molar-refractivity contribution in [2.75, 3.05) is 18.4 Å². The van der Waals surface area contributed by atoms with Crippen molar-refractivity contribution < 1.29 is 9.52 Å². The number of hydrogen-bond donors (Lipinski definition) is 4. The number of hydrogen-bond acceptors (Lipinski definition) is 5. The Labute approximate surface area is 91.1 Å².